The summed E-state index contributed by atoms with van der Waals surface area (Å²) in [5.74, 6) is 0.486. The second kappa shape index (κ2) is 4.45. The first-order valence-electron chi connectivity index (χ1n) is 5.38. The Morgan fingerprint density at radius 3 is 2.43 bits per heavy atom. The van der Waals surface area contributed by atoms with Crippen molar-refractivity contribution in [1.82, 2.24) is 5.32 Å². The molecule has 0 aromatic carbocycles. The number of nitrogens with one attached hydrogen (secondary N) is 1. The summed E-state index contributed by atoms with van der Waals surface area (Å²) in [7, 11) is 0. The summed E-state index contributed by atoms with van der Waals surface area (Å²) in [6.45, 7) is 4.96. The highest BCUT2D eigenvalue weighted by Crippen LogP contribution is 2.44. The zero-order valence-corrected chi connectivity index (χ0v) is 8.97. The SMILES string of the molecule is CCC(CC)CNC(=O)C1(C#N)CC1. The molecule has 0 aromatic heterocycles. The Morgan fingerprint density at radius 2 is 2.07 bits per heavy atom. The fourth-order valence-electron chi connectivity index (χ4n) is 1.50. The first-order chi connectivity index (χ1) is 6.68. The normalized spacial score (nSPS) is 17.6. The van der Waals surface area contributed by atoms with E-state index in [1.54, 1.807) is 0 Å². The van der Waals surface area contributed by atoms with Gasteiger partial charge in [-0.2, -0.15) is 5.26 Å². The van der Waals surface area contributed by atoms with Gasteiger partial charge in [-0.1, -0.05) is 26.7 Å². The van der Waals surface area contributed by atoms with Crippen molar-refractivity contribution in [3.05, 3.63) is 0 Å². The summed E-state index contributed by atoms with van der Waals surface area (Å²) in [6.07, 6.45) is 3.63. The van der Waals surface area contributed by atoms with Crippen molar-refractivity contribution < 1.29 is 4.79 Å². The van der Waals surface area contributed by atoms with E-state index < -0.39 is 5.41 Å². The molecule has 1 saturated carbocycles. The Hall–Kier alpha value is -1.04. The van der Waals surface area contributed by atoms with Crippen LogP contribution in [0.4, 0.5) is 0 Å². The lowest BCUT2D eigenvalue weighted by Gasteiger charge is -2.14. The molecule has 0 atom stereocenters. The largest absolute Gasteiger partial charge is 0.354 e. The van der Waals surface area contributed by atoms with Crippen LogP contribution < -0.4 is 5.32 Å². The van der Waals surface area contributed by atoms with Gasteiger partial charge in [0.1, 0.15) is 5.41 Å². The molecule has 0 aromatic rings. The number of hydrogen-bond donors (Lipinski definition) is 1. The Bertz CT molecular complexity index is 247. The summed E-state index contributed by atoms with van der Waals surface area (Å²) in [5, 5.41) is 11.7. The number of nitrogens with zero attached hydrogens (tertiary/aromatic N) is 1. The minimum Gasteiger partial charge on any atom is -0.354 e. The molecule has 3 nitrogen and oxygen atoms in total. The minimum absolute atomic E-state index is 0.0631. The molecule has 0 bridgehead atoms. The lowest BCUT2D eigenvalue weighted by Crippen LogP contribution is -2.34. The molecule has 0 saturated heterocycles. The van der Waals surface area contributed by atoms with Crippen molar-refractivity contribution in [3.63, 3.8) is 0 Å². The van der Waals surface area contributed by atoms with Crippen molar-refractivity contribution in [1.29, 1.82) is 5.26 Å². The van der Waals surface area contributed by atoms with E-state index in [1.165, 1.54) is 0 Å². The van der Waals surface area contributed by atoms with Crippen LogP contribution in [0.3, 0.4) is 0 Å². The molecule has 0 radical (unpaired) electrons. The van der Waals surface area contributed by atoms with Gasteiger partial charge in [0.25, 0.3) is 0 Å². The molecule has 1 fully saturated rings. The van der Waals surface area contributed by atoms with Gasteiger partial charge in [0.15, 0.2) is 0 Å². The molecule has 14 heavy (non-hydrogen) atoms. The molecule has 1 aliphatic carbocycles. The third-order valence-corrected chi connectivity index (χ3v) is 3.10. The summed E-state index contributed by atoms with van der Waals surface area (Å²) in [5.41, 5.74) is -0.661. The van der Waals surface area contributed by atoms with Crippen LogP contribution in [0.2, 0.25) is 0 Å². The molecule has 78 valence electrons. The highest BCUT2D eigenvalue weighted by Gasteiger charge is 2.50. The molecule has 0 unspecified atom stereocenters. The Balaban J connectivity index is 2.32. The zero-order chi connectivity index (χ0) is 10.6. The number of rotatable bonds is 5. The van der Waals surface area contributed by atoms with Gasteiger partial charge in [-0.3, -0.25) is 4.79 Å². The lowest BCUT2D eigenvalue weighted by molar-refractivity contribution is -0.124. The van der Waals surface area contributed by atoms with Gasteiger partial charge in [0, 0.05) is 6.54 Å². The van der Waals surface area contributed by atoms with Crippen LogP contribution in [0.5, 0.6) is 0 Å². The van der Waals surface area contributed by atoms with E-state index in [4.69, 9.17) is 5.26 Å². The average Bonchev–Trinajstić information content (AvgIpc) is 2.99. The predicted octanol–water partition coefficient (Wildman–Crippen LogP) is 1.84. The molecule has 0 heterocycles. The van der Waals surface area contributed by atoms with Crippen LogP contribution in [0.15, 0.2) is 0 Å². The second-order valence-corrected chi connectivity index (χ2v) is 4.09. The van der Waals surface area contributed by atoms with E-state index in [0.717, 1.165) is 32.2 Å². The Kier molecular flexibility index (Phi) is 3.51. The highest BCUT2D eigenvalue weighted by molar-refractivity contribution is 5.88. The Labute approximate surface area is 85.5 Å². The van der Waals surface area contributed by atoms with Gasteiger partial charge < -0.3 is 5.32 Å². The van der Waals surface area contributed by atoms with Crippen molar-refractivity contribution in [2.24, 2.45) is 11.3 Å². The first-order valence-corrected chi connectivity index (χ1v) is 5.38. The number of carbonyl (C=O) groups excluding carboxylic acids is 1. The third-order valence-electron chi connectivity index (χ3n) is 3.10. The van der Waals surface area contributed by atoms with E-state index in [0.29, 0.717) is 5.92 Å². The molecule has 1 amide bonds. The van der Waals surface area contributed by atoms with Crippen LogP contribution in [-0.4, -0.2) is 12.5 Å². The van der Waals surface area contributed by atoms with Crippen LogP contribution >= 0.6 is 0 Å². The first kappa shape index (κ1) is 11.0. The molecule has 1 rings (SSSR count). The lowest BCUT2D eigenvalue weighted by atomic mass is 10.0. The zero-order valence-electron chi connectivity index (χ0n) is 8.97. The standard InChI is InChI=1S/C11H18N2O/c1-3-9(4-2)7-13-10(14)11(8-12)5-6-11/h9H,3-7H2,1-2H3,(H,13,14). The number of amides is 1. The van der Waals surface area contributed by atoms with E-state index >= 15 is 0 Å². The topological polar surface area (TPSA) is 52.9 Å². The third kappa shape index (κ3) is 2.25. The highest BCUT2D eigenvalue weighted by atomic mass is 16.2. The summed E-state index contributed by atoms with van der Waals surface area (Å²) in [4.78, 5) is 11.6. The minimum atomic E-state index is -0.661. The molecular weight excluding hydrogens is 176 g/mol. The quantitative estimate of drug-likeness (QED) is 0.726. The van der Waals surface area contributed by atoms with Gasteiger partial charge in [0.2, 0.25) is 5.91 Å². The summed E-state index contributed by atoms with van der Waals surface area (Å²) >= 11 is 0. The molecule has 0 aliphatic heterocycles. The summed E-state index contributed by atoms with van der Waals surface area (Å²) < 4.78 is 0. The van der Waals surface area contributed by atoms with E-state index in [9.17, 15) is 4.79 Å². The fourth-order valence-corrected chi connectivity index (χ4v) is 1.50. The average molecular weight is 194 g/mol. The van der Waals surface area contributed by atoms with Crippen molar-refractivity contribution in [2.75, 3.05) is 6.54 Å². The Morgan fingerprint density at radius 1 is 1.50 bits per heavy atom. The predicted molar refractivity (Wildman–Crippen MR) is 54.4 cm³/mol. The van der Waals surface area contributed by atoms with Crippen molar-refractivity contribution >= 4 is 5.91 Å². The maximum absolute atomic E-state index is 11.6. The van der Waals surface area contributed by atoms with Crippen LogP contribution in [0.1, 0.15) is 39.5 Å². The smallest absolute Gasteiger partial charge is 0.240 e. The van der Waals surface area contributed by atoms with Crippen LogP contribution in [0, 0.1) is 22.7 Å². The molecule has 0 spiro atoms. The van der Waals surface area contributed by atoms with E-state index in [1.807, 2.05) is 0 Å². The van der Waals surface area contributed by atoms with Gasteiger partial charge in [-0.15, -0.1) is 0 Å². The molecule has 3 heteroatoms. The van der Waals surface area contributed by atoms with Gasteiger partial charge in [-0.05, 0) is 18.8 Å². The fraction of sp³-hybridized carbons (Fsp3) is 0.818. The van der Waals surface area contributed by atoms with Crippen molar-refractivity contribution in [3.8, 4) is 6.07 Å². The number of hydrogen-bond acceptors (Lipinski definition) is 2. The maximum Gasteiger partial charge on any atom is 0.240 e. The van der Waals surface area contributed by atoms with Gasteiger partial charge in [-0.25, -0.2) is 0 Å². The number of nitriles is 1. The maximum atomic E-state index is 11.6. The monoisotopic (exact) mass is 194 g/mol. The van der Waals surface area contributed by atoms with E-state index in [2.05, 4.69) is 25.2 Å². The second-order valence-electron chi connectivity index (χ2n) is 4.09. The molecular formula is C11H18N2O. The van der Waals surface area contributed by atoms with Gasteiger partial charge in [0.05, 0.1) is 6.07 Å². The molecule has 1 aliphatic rings. The van der Waals surface area contributed by atoms with Crippen LogP contribution in [-0.2, 0) is 4.79 Å². The van der Waals surface area contributed by atoms with Gasteiger partial charge >= 0.3 is 0 Å². The van der Waals surface area contributed by atoms with E-state index in [-0.39, 0.29) is 5.91 Å². The van der Waals surface area contributed by atoms with Crippen molar-refractivity contribution in [2.45, 2.75) is 39.5 Å². The van der Waals surface area contributed by atoms with Crippen LogP contribution in [0.25, 0.3) is 0 Å². The summed E-state index contributed by atoms with van der Waals surface area (Å²) in [6, 6.07) is 2.10. The number of carbonyl (C=O) groups is 1. The molecule has 1 N–H and O–H groups in total.